The third kappa shape index (κ3) is 3.07. The highest BCUT2D eigenvalue weighted by molar-refractivity contribution is 5.48. The number of carbonyl (C=O) groups is 1. The normalized spacial score (nSPS) is 17.9. The van der Waals surface area contributed by atoms with Gasteiger partial charge < -0.3 is 9.80 Å². The highest BCUT2D eigenvalue weighted by Crippen LogP contribution is 2.21. The van der Waals surface area contributed by atoms with Crippen molar-refractivity contribution in [2.24, 2.45) is 0 Å². The van der Waals surface area contributed by atoms with Gasteiger partial charge in [-0.15, -0.1) is 0 Å². The van der Waals surface area contributed by atoms with Crippen LogP contribution in [0, 0.1) is 0 Å². The molecule has 0 saturated carbocycles. The van der Waals surface area contributed by atoms with Crippen molar-refractivity contribution in [2.45, 2.75) is 18.9 Å². The van der Waals surface area contributed by atoms with E-state index in [4.69, 9.17) is 0 Å². The Bertz CT molecular complexity index is 346. The first kappa shape index (κ1) is 12.1. The predicted molar refractivity (Wildman–Crippen MR) is 68.7 cm³/mol. The smallest absolute Gasteiger partial charge is 0.210 e. The summed E-state index contributed by atoms with van der Waals surface area (Å²) in [5.41, 5.74) is 1.22. The molecule has 0 aliphatic carbocycles. The Balaban J connectivity index is 2.10. The van der Waals surface area contributed by atoms with Gasteiger partial charge in [0.15, 0.2) is 0 Å². The second kappa shape index (κ2) is 5.82. The molecule has 17 heavy (non-hydrogen) atoms. The number of hydrogen-bond donors (Lipinski definition) is 0. The number of rotatable bonds is 5. The molecule has 3 heteroatoms. The van der Waals surface area contributed by atoms with E-state index in [-0.39, 0.29) is 6.04 Å². The molecule has 1 heterocycles. The zero-order valence-corrected chi connectivity index (χ0v) is 10.4. The Morgan fingerprint density at radius 3 is 2.53 bits per heavy atom. The molecule has 92 valence electrons. The van der Waals surface area contributed by atoms with E-state index in [2.05, 4.69) is 17.0 Å². The molecule has 0 N–H and O–H groups in total. The van der Waals surface area contributed by atoms with Crippen molar-refractivity contribution in [1.82, 2.24) is 9.80 Å². The summed E-state index contributed by atoms with van der Waals surface area (Å²) in [5.74, 6) is 0. The third-order valence-electron chi connectivity index (χ3n) is 3.47. The fourth-order valence-corrected chi connectivity index (χ4v) is 2.43. The maximum Gasteiger partial charge on any atom is 0.210 e. The topological polar surface area (TPSA) is 23.6 Å². The summed E-state index contributed by atoms with van der Waals surface area (Å²) in [4.78, 5) is 15.2. The molecule has 1 aliphatic heterocycles. The molecule has 0 aromatic heterocycles. The quantitative estimate of drug-likeness (QED) is 0.724. The van der Waals surface area contributed by atoms with Crippen molar-refractivity contribution in [3.63, 3.8) is 0 Å². The lowest BCUT2D eigenvalue weighted by Crippen LogP contribution is -2.34. The Morgan fingerprint density at radius 2 is 1.94 bits per heavy atom. The second-order valence-corrected chi connectivity index (χ2v) is 4.71. The minimum Gasteiger partial charge on any atom is -0.340 e. The summed E-state index contributed by atoms with van der Waals surface area (Å²) < 4.78 is 0. The zero-order valence-electron chi connectivity index (χ0n) is 10.4. The highest BCUT2D eigenvalue weighted by Gasteiger charge is 2.21. The molecule has 1 aromatic rings. The van der Waals surface area contributed by atoms with Gasteiger partial charge in [0, 0.05) is 13.6 Å². The first-order valence-electron chi connectivity index (χ1n) is 6.26. The molecule has 1 unspecified atom stereocenters. The van der Waals surface area contributed by atoms with Crippen molar-refractivity contribution < 1.29 is 4.79 Å². The number of benzene rings is 1. The summed E-state index contributed by atoms with van der Waals surface area (Å²) in [6, 6.07) is 10.4. The zero-order chi connectivity index (χ0) is 12.1. The van der Waals surface area contributed by atoms with E-state index in [0.29, 0.717) is 0 Å². The molecule has 1 atom stereocenters. The van der Waals surface area contributed by atoms with Gasteiger partial charge in [-0.3, -0.25) is 4.79 Å². The van der Waals surface area contributed by atoms with Gasteiger partial charge in [-0.05, 0) is 31.5 Å². The molecule has 2 rings (SSSR count). The maximum atomic E-state index is 11.0. The lowest BCUT2D eigenvalue weighted by molar-refractivity contribution is -0.119. The average molecular weight is 232 g/mol. The highest BCUT2D eigenvalue weighted by atomic mass is 16.1. The van der Waals surface area contributed by atoms with Crippen LogP contribution in [0.2, 0.25) is 0 Å². The average Bonchev–Trinajstić information content (AvgIpc) is 2.89. The van der Waals surface area contributed by atoms with Gasteiger partial charge in [-0.1, -0.05) is 30.3 Å². The largest absolute Gasteiger partial charge is 0.340 e. The number of likely N-dealkylation sites (tertiary alicyclic amines) is 1. The van der Waals surface area contributed by atoms with E-state index in [0.717, 1.165) is 26.0 Å². The van der Waals surface area contributed by atoms with Crippen LogP contribution in [-0.4, -0.2) is 42.9 Å². The van der Waals surface area contributed by atoms with Gasteiger partial charge in [0.05, 0.1) is 6.04 Å². The molecule has 0 spiro atoms. The molecule has 1 saturated heterocycles. The van der Waals surface area contributed by atoms with Crippen LogP contribution in [-0.2, 0) is 4.79 Å². The van der Waals surface area contributed by atoms with Gasteiger partial charge in [0.25, 0.3) is 0 Å². The van der Waals surface area contributed by atoms with Crippen LogP contribution in [0.25, 0.3) is 0 Å². The molecular weight excluding hydrogens is 212 g/mol. The summed E-state index contributed by atoms with van der Waals surface area (Å²) in [6.07, 6.45) is 3.49. The second-order valence-electron chi connectivity index (χ2n) is 4.71. The van der Waals surface area contributed by atoms with Crippen molar-refractivity contribution in [2.75, 3.05) is 26.7 Å². The maximum absolute atomic E-state index is 11.0. The molecule has 1 fully saturated rings. The Kier molecular flexibility index (Phi) is 4.15. The minimum absolute atomic E-state index is 0.173. The van der Waals surface area contributed by atoms with Crippen LogP contribution in [0.15, 0.2) is 30.3 Å². The standard InChI is InChI=1S/C14H20N2O/c1-15(12-17)14(11-16-9-5-6-10-16)13-7-3-2-4-8-13/h2-4,7-8,12,14H,5-6,9-11H2,1H3. The van der Waals surface area contributed by atoms with Crippen molar-refractivity contribution in [1.29, 1.82) is 0 Å². The van der Waals surface area contributed by atoms with Gasteiger partial charge >= 0.3 is 0 Å². The minimum atomic E-state index is 0.173. The number of hydrogen-bond acceptors (Lipinski definition) is 2. The number of carbonyl (C=O) groups excluding carboxylic acids is 1. The van der Waals surface area contributed by atoms with Crippen LogP contribution >= 0.6 is 0 Å². The molecule has 3 nitrogen and oxygen atoms in total. The molecule has 1 aromatic carbocycles. The van der Waals surface area contributed by atoms with E-state index in [1.54, 1.807) is 4.90 Å². The first-order valence-corrected chi connectivity index (χ1v) is 6.26. The monoisotopic (exact) mass is 232 g/mol. The van der Waals surface area contributed by atoms with Crippen molar-refractivity contribution >= 4 is 6.41 Å². The van der Waals surface area contributed by atoms with Gasteiger partial charge in [-0.2, -0.15) is 0 Å². The van der Waals surface area contributed by atoms with E-state index in [9.17, 15) is 4.79 Å². The van der Waals surface area contributed by atoms with E-state index in [1.807, 2.05) is 25.2 Å². The molecular formula is C14H20N2O. The van der Waals surface area contributed by atoms with Gasteiger partial charge in [0.2, 0.25) is 6.41 Å². The van der Waals surface area contributed by atoms with Gasteiger partial charge in [-0.25, -0.2) is 0 Å². The predicted octanol–water partition coefficient (Wildman–Crippen LogP) is 1.91. The Morgan fingerprint density at radius 1 is 1.29 bits per heavy atom. The van der Waals surface area contributed by atoms with Crippen molar-refractivity contribution in [3.8, 4) is 0 Å². The van der Waals surface area contributed by atoms with Crippen molar-refractivity contribution in [3.05, 3.63) is 35.9 Å². The fourth-order valence-electron chi connectivity index (χ4n) is 2.43. The van der Waals surface area contributed by atoms with E-state index in [1.165, 1.54) is 18.4 Å². The number of likely N-dealkylation sites (N-methyl/N-ethyl adjacent to an activating group) is 1. The van der Waals surface area contributed by atoms with Crippen LogP contribution < -0.4 is 0 Å². The van der Waals surface area contributed by atoms with Crippen LogP contribution in [0.1, 0.15) is 24.4 Å². The lowest BCUT2D eigenvalue weighted by Gasteiger charge is -2.29. The lowest BCUT2D eigenvalue weighted by atomic mass is 10.1. The SMILES string of the molecule is CN(C=O)C(CN1CCCC1)c1ccccc1. The molecule has 1 aliphatic rings. The van der Waals surface area contributed by atoms with Gasteiger partial charge in [0.1, 0.15) is 0 Å². The van der Waals surface area contributed by atoms with Crippen LogP contribution in [0.5, 0.6) is 0 Å². The fraction of sp³-hybridized carbons (Fsp3) is 0.500. The number of amides is 1. The van der Waals surface area contributed by atoms with Crippen LogP contribution in [0.4, 0.5) is 0 Å². The first-order chi connectivity index (χ1) is 8.31. The van der Waals surface area contributed by atoms with E-state index < -0.39 is 0 Å². The summed E-state index contributed by atoms with van der Waals surface area (Å²) in [7, 11) is 1.86. The summed E-state index contributed by atoms with van der Waals surface area (Å²) >= 11 is 0. The van der Waals surface area contributed by atoms with Crippen LogP contribution in [0.3, 0.4) is 0 Å². The number of nitrogens with zero attached hydrogens (tertiary/aromatic N) is 2. The third-order valence-corrected chi connectivity index (χ3v) is 3.47. The Hall–Kier alpha value is -1.35. The molecule has 1 amide bonds. The Labute approximate surface area is 103 Å². The molecule has 0 radical (unpaired) electrons. The summed E-state index contributed by atoms with van der Waals surface area (Å²) in [5, 5.41) is 0. The summed E-state index contributed by atoms with van der Waals surface area (Å²) in [6.45, 7) is 3.27. The van der Waals surface area contributed by atoms with E-state index >= 15 is 0 Å². The molecule has 0 bridgehead atoms.